The fourth-order valence-corrected chi connectivity index (χ4v) is 4.02. The summed E-state index contributed by atoms with van der Waals surface area (Å²) in [6, 6.07) is -0.242. The van der Waals surface area contributed by atoms with E-state index < -0.39 is 0 Å². The van der Waals surface area contributed by atoms with Crippen molar-refractivity contribution in [3.05, 3.63) is 11.3 Å². The summed E-state index contributed by atoms with van der Waals surface area (Å²) in [5, 5.41) is 0. The molecule has 0 aliphatic carbocycles. The molecule has 0 aromatic carbocycles. The lowest BCUT2D eigenvalue weighted by Gasteiger charge is -2.31. The van der Waals surface area contributed by atoms with E-state index in [2.05, 4.69) is 9.80 Å². The van der Waals surface area contributed by atoms with Gasteiger partial charge in [-0.2, -0.15) is 4.98 Å². The first-order valence-corrected chi connectivity index (χ1v) is 9.87. The molecule has 3 rings (SSSR count). The molecule has 0 radical (unpaired) electrons. The average molecular weight is 361 g/mol. The molecular weight excluding hydrogens is 328 g/mol. The van der Waals surface area contributed by atoms with Crippen LogP contribution in [0.4, 0.5) is 11.8 Å². The van der Waals surface area contributed by atoms with Gasteiger partial charge in [-0.1, -0.05) is 0 Å². The van der Waals surface area contributed by atoms with Crippen molar-refractivity contribution < 1.29 is 4.79 Å². The molecule has 7 heteroatoms. The van der Waals surface area contributed by atoms with Crippen LogP contribution in [-0.2, 0) is 4.79 Å². The maximum atomic E-state index is 13.0. The summed E-state index contributed by atoms with van der Waals surface area (Å²) in [5.41, 5.74) is 8.28. The van der Waals surface area contributed by atoms with E-state index in [1.54, 1.807) is 0 Å². The second-order valence-electron chi connectivity index (χ2n) is 7.43. The molecule has 1 amide bonds. The first-order valence-electron chi connectivity index (χ1n) is 9.87. The highest BCUT2D eigenvalue weighted by molar-refractivity contribution is 5.86. The third kappa shape index (κ3) is 3.49. The van der Waals surface area contributed by atoms with Crippen molar-refractivity contribution in [1.29, 1.82) is 0 Å². The minimum Gasteiger partial charge on any atom is -0.343 e. The van der Waals surface area contributed by atoms with Gasteiger partial charge < -0.3 is 20.4 Å². The number of rotatable bonds is 5. The molecule has 2 N–H and O–H groups in total. The Balaban J connectivity index is 1.96. The summed E-state index contributed by atoms with van der Waals surface area (Å²) in [6.07, 6.45) is 3.05. The van der Waals surface area contributed by atoms with Crippen LogP contribution in [0, 0.1) is 13.8 Å². The number of nitrogens with zero attached hydrogens (tertiary/aromatic N) is 5. The molecule has 2 aliphatic heterocycles. The van der Waals surface area contributed by atoms with Gasteiger partial charge in [0.15, 0.2) is 0 Å². The SMILES string of the molecule is CCN(CC)C(=O)[C@@H]1C[C@@H](N)CN1c1nc(N2CCCC2)nc(C)c1C. The number of likely N-dealkylation sites (N-methyl/N-ethyl adjacent to an activating group) is 1. The van der Waals surface area contributed by atoms with Crippen molar-refractivity contribution in [3.63, 3.8) is 0 Å². The zero-order valence-electron chi connectivity index (χ0n) is 16.5. The van der Waals surface area contributed by atoms with Crippen LogP contribution in [0.1, 0.15) is 44.4 Å². The lowest BCUT2D eigenvalue weighted by molar-refractivity contribution is -0.132. The van der Waals surface area contributed by atoms with Crippen LogP contribution in [0.15, 0.2) is 0 Å². The monoisotopic (exact) mass is 360 g/mol. The number of aromatic nitrogens is 2. The fraction of sp³-hybridized carbons (Fsp3) is 0.737. The maximum absolute atomic E-state index is 13.0. The third-order valence-electron chi connectivity index (χ3n) is 5.71. The summed E-state index contributed by atoms with van der Waals surface area (Å²) < 4.78 is 0. The van der Waals surface area contributed by atoms with Crippen molar-refractivity contribution in [3.8, 4) is 0 Å². The van der Waals surface area contributed by atoms with Gasteiger partial charge in [0.25, 0.3) is 0 Å². The molecule has 0 bridgehead atoms. The maximum Gasteiger partial charge on any atom is 0.245 e. The smallest absolute Gasteiger partial charge is 0.245 e. The third-order valence-corrected chi connectivity index (χ3v) is 5.71. The molecule has 2 fully saturated rings. The predicted molar refractivity (Wildman–Crippen MR) is 105 cm³/mol. The molecule has 0 saturated carbocycles. The van der Waals surface area contributed by atoms with Crippen LogP contribution in [0.5, 0.6) is 0 Å². The molecule has 2 saturated heterocycles. The van der Waals surface area contributed by atoms with E-state index in [1.807, 2.05) is 32.6 Å². The number of nitrogens with two attached hydrogens (primary N) is 1. The molecule has 1 aromatic rings. The number of amides is 1. The summed E-state index contributed by atoms with van der Waals surface area (Å²) in [5.74, 6) is 1.81. The van der Waals surface area contributed by atoms with Crippen molar-refractivity contribution in [1.82, 2.24) is 14.9 Å². The van der Waals surface area contributed by atoms with Crippen LogP contribution in [0.25, 0.3) is 0 Å². The predicted octanol–water partition coefficient (Wildman–Crippen LogP) is 1.47. The second kappa shape index (κ2) is 7.78. The Kier molecular flexibility index (Phi) is 5.65. The molecule has 2 atom stereocenters. The van der Waals surface area contributed by atoms with Gasteiger partial charge >= 0.3 is 0 Å². The normalized spacial score (nSPS) is 23.0. The van der Waals surface area contributed by atoms with Crippen molar-refractivity contribution >= 4 is 17.7 Å². The van der Waals surface area contributed by atoms with Gasteiger partial charge in [-0.3, -0.25) is 4.79 Å². The highest BCUT2D eigenvalue weighted by Gasteiger charge is 2.39. The van der Waals surface area contributed by atoms with E-state index >= 15 is 0 Å². The van der Waals surface area contributed by atoms with Gasteiger partial charge in [0.05, 0.1) is 0 Å². The van der Waals surface area contributed by atoms with Gasteiger partial charge in [0.1, 0.15) is 11.9 Å². The Morgan fingerprint density at radius 1 is 1.19 bits per heavy atom. The fourth-order valence-electron chi connectivity index (χ4n) is 4.02. The number of carbonyl (C=O) groups is 1. The quantitative estimate of drug-likeness (QED) is 0.857. The van der Waals surface area contributed by atoms with E-state index in [4.69, 9.17) is 15.7 Å². The first-order chi connectivity index (χ1) is 12.5. The minimum atomic E-state index is -0.232. The lowest BCUT2D eigenvalue weighted by atomic mass is 10.1. The lowest BCUT2D eigenvalue weighted by Crippen LogP contribution is -2.46. The molecule has 0 unspecified atom stereocenters. The van der Waals surface area contributed by atoms with Crippen LogP contribution < -0.4 is 15.5 Å². The number of hydrogen-bond acceptors (Lipinski definition) is 6. The zero-order chi connectivity index (χ0) is 18.8. The van der Waals surface area contributed by atoms with Crippen LogP contribution >= 0.6 is 0 Å². The van der Waals surface area contributed by atoms with Crippen molar-refractivity contribution in [2.75, 3.05) is 42.5 Å². The van der Waals surface area contributed by atoms with Gasteiger partial charge in [0, 0.05) is 50.0 Å². The molecule has 7 nitrogen and oxygen atoms in total. The van der Waals surface area contributed by atoms with Crippen LogP contribution in [0.3, 0.4) is 0 Å². The molecular formula is C19H32N6O. The Bertz CT molecular complexity index is 654. The Hall–Kier alpha value is -1.89. The second-order valence-corrected chi connectivity index (χ2v) is 7.43. The van der Waals surface area contributed by atoms with Gasteiger partial charge in [-0.05, 0) is 47.0 Å². The van der Waals surface area contributed by atoms with Crippen molar-refractivity contribution in [2.24, 2.45) is 5.73 Å². The highest BCUT2D eigenvalue weighted by Crippen LogP contribution is 2.31. The van der Waals surface area contributed by atoms with Gasteiger partial charge in [0.2, 0.25) is 11.9 Å². The minimum absolute atomic E-state index is 0.00980. The zero-order valence-corrected chi connectivity index (χ0v) is 16.5. The number of aryl methyl sites for hydroxylation is 1. The average Bonchev–Trinajstić information content (AvgIpc) is 3.28. The summed E-state index contributed by atoms with van der Waals surface area (Å²) >= 11 is 0. The molecule has 2 aliphatic rings. The number of carbonyl (C=O) groups excluding carboxylic acids is 1. The standard InChI is InChI=1S/C19H32N6O/c1-5-23(6-2)18(26)16-11-15(20)12-25(16)17-13(3)14(4)21-19(22-17)24-9-7-8-10-24/h15-16H,5-12,20H2,1-4H3/t15-,16+/m1/s1. The molecule has 144 valence electrons. The van der Waals surface area contributed by atoms with E-state index in [9.17, 15) is 4.79 Å². The summed E-state index contributed by atoms with van der Waals surface area (Å²) in [4.78, 5) is 28.9. The summed E-state index contributed by atoms with van der Waals surface area (Å²) in [7, 11) is 0. The molecule has 0 spiro atoms. The van der Waals surface area contributed by atoms with Crippen molar-refractivity contribution in [2.45, 2.75) is 59.0 Å². The molecule has 1 aromatic heterocycles. The van der Waals surface area contributed by atoms with Crippen LogP contribution in [-0.4, -0.2) is 65.6 Å². The summed E-state index contributed by atoms with van der Waals surface area (Å²) in [6.45, 7) is 12.2. The Morgan fingerprint density at radius 3 is 2.46 bits per heavy atom. The first kappa shape index (κ1) is 18.9. The largest absolute Gasteiger partial charge is 0.343 e. The van der Waals surface area contributed by atoms with Gasteiger partial charge in [-0.15, -0.1) is 0 Å². The van der Waals surface area contributed by atoms with Crippen LogP contribution in [0.2, 0.25) is 0 Å². The van der Waals surface area contributed by atoms with E-state index in [0.29, 0.717) is 13.0 Å². The Labute approximate surface area is 156 Å². The number of anilines is 2. The van der Waals surface area contributed by atoms with E-state index in [-0.39, 0.29) is 18.0 Å². The van der Waals surface area contributed by atoms with E-state index in [1.165, 1.54) is 12.8 Å². The highest BCUT2D eigenvalue weighted by atomic mass is 16.2. The topological polar surface area (TPSA) is 78.6 Å². The Morgan fingerprint density at radius 2 is 1.85 bits per heavy atom. The van der Waals surface area contributed by atoms with Gasteiger partial charge in [-0.25, -0.2) is 4.98 Å². The molecule has 3 heterocycles. The molecule has 26 heavy (non-hydrogen) atoms. The van der Waals surface area contributed by atoms with E-state index in [0.717, 1.165) is 49.2 Å². The number of hydrogen-bond donors (Lipinski definition) is 1.